The molecule has 130 valence electrons. The molecule has 7 nitrogen and oxygen atoms in total. The third-order valence-electron chi connectivity index (χ3n) is 3.18. The normalized spacial score (nSPS) is 10.2. The molecular weight excluding hydrogens is 397 g/mol. The van der Waals surface area contributed by atoms with Crippen molar-refractivity contribution in [2.24, 2.45) is 0 Å². The number of halogens is 2. The van der Waals surface area contributed by atoms with Crippen molar-refractivity contribution in [3.8, 4) is 0 Å². The van der Waals surface area contributed by atoms with Crippen molar-refractivity contribution < 1.29 is 18.9 Å². The fourth-order valence-corrected chi connectivity index (χ4v) is 2.19. The quantitative estimate of drug-likeness (QED) is 0.564. The number of non-ortho nitro benzene ring substituents is 1. The highest BCUT2D eigenvalue weighted by Crippen LogP contribution is 2.21. The number of nitrogens with zero attached hydrogens (tertiary/aromatic N) is 1. The lowest BCUT2D eigenvalue weighted by Crippen LogP contribution is -2.27. The highest BCUT2D eigenvalue weighted by atomic mass is 79.9. The lowest BCUT2D eigenvalue weighted by molar-refractivity contribution is -0.384. The maximum Gasteiger partial charge on any atom is 0.271 e. The summed E-state index contributed by atoms with van der Waals surface area (Å²) >= 11 is 3.26. The number of amides is 2. The zero-order valence-electron chi connectivity index (χ0n) is 12.8. The molecule has 0 spiro atoms. The Balaban J connectivity index is 1.87. The summed E-state index contributed by atoms with van der Waals surface area (Å²) < 4.78 is 14.4. The molecule has 2 aromatic carbocycles. The van der Waals surface area contributed by atoms with Crippen molar-refractivity contribution in [3.63, 3.8) is 0 Å². The number of anilines is 1. The van der Waals surface area contributed by atoms with E-state index in [-0.39, 0.29) is 30.2 Å². The first kappa shape index (κ1) is 18.5. The molecule has 0 heterocycles. The SMILES string of the molecule is O=C(CCNC(=O)c1ccc(Br)cc1)Nc1cc([N+](=O)[O-])ccc1F. The van der Waals surface area contributed by atoms with Gasteiger partial charge >= 0.3 is 0 Å². The number of hydrogen-bond donors (Lipinski definition) is 2. The van der Waals surface area contributed by atoms with Gasteiger partial charge in [-0.15, -0.1) is 0 Å². The summed E-state index contributed by atoms with van der Waals surface area (Å²) in [6, 6.07) is 9.52. The minimum absolute atomic E-state index is 0.0390. The van der Waals surface area contributed by atoms with Crippen LogP contribution in [0.25, 0.3) is 0 Å². The van der Waals surface area contributed by atoms with Gasteiger partial charge in [-0.25, -0.2) is 4.39 Å². The third kappa shape index (κ3) is 5.35. The third-order valence-corrected chi connectivity index (χ3v) is 3.71. The van der Waals surface area contributed by atoms with Crippen LogP contribution in [0.3, 0.4) is 0 Å². The first-order chi connectivity index (χ1) is 11.9. The van der Waals surface area contributed by atoms with Gasteiger partial charge in [-0.05, 0) is 30.3 Å². The van der Waals surface area contributed by atoms with Crippen LogP contribution in [0, 0.1) is 15.9 Å². The van der Waals surface area contributed by atoms with Crippen molar-refractivity contribution in [1.29, 1.82) is 0 Å². The van der Waals surface area contributed by atoms with Crippen LogP contribution in [0.1, 0.15) is 16.8 Å². The van der Waals surface area contributed by atoms with Crippen LogP contribution in [-0.4, -0.2) is 23.3 Å². The number of nitrogens with one attached hydrogen (secondary N) is 2. The van der Waals surface area contributed by atoms with E-state index < -0.39 is 16.6 Å². The van der Waals surface area contributed by atoms with Gasteiger partial charge < -0.3 is 10.6 Å². The minimum atomic E-state index is -0.780. The molecule has 0 saturated heterocycles. The molecule has 0 bridgehead atoms. The van der Waals surface area contributed by atoms with Crippen LogP contribution in [-0.2, 0) is 4.79 Å². The monoisotopic (exact) mass is 409 g/mol. The summed E-state index contributed by atoms with van der Waals surface area (Å²) in [7, 11) is 0. The summed E-state index contributed by atoms with van der Waals surface area (Å²) in [5.74, 6) is -1.70. The number of nitro benzene ring substituents is 1. The molecule has 0 atom stereocenters. The van der Waals surface area contributed by atoms with E-state index in [0.29, 0.717) is 5.56 Å². The number of benzene rings is 2. The van der Waals surface area contributed by atoms with Crippen LogP contribution in [0.2, 0.25) is 0 Å². The lowest BCUT2D eigenvalue weighted by atomic mass is 10.2. The van der Waals surface area contributed by atoms with E-state index in [1.807, 2.05) is 0 Å². The average Bonchev–Trinajstić information content (AvgIpc) is 2.57. The highest BCUT2D eigenvalue weighted by Gasteiger charge is 2.13. The standard InChI is InChI=1S/C16H13BrFN3O4/c17-11-3-1-10(2-4-11)16(23)19-8-7-15(22)20-14-9-12(21(24)25)5-6-13(14)18/h1-6,9H,7-8H2,(H,19,23)(H,20,22). The Hall–Kier alpha value is -2.81. The number of rotatable bonds is 6. The molecule has 0 saturated carbocycles. The van der Waals surface area contributed by atoms with Gasteiger partial charge in [-0.3, -0.25) is 19.7 Å². The van der Waals surface area contributed by atoms with Gasteiger partial charge in [0.2, 0.25) is 5.91 Å². The van der Waals surface area contributed by atoms with Gasteiger partial charge in [0.25, 0.3) is 11.6 Å². The maximum absolute atomic E-state index is 13.6. The zero-order chi connectivity index (χ0) is 18.4. The second kappa shape index (κ2) is 8.34. The van der Waals surface area contributed by atoms with E-state index in [0.717, 1.165) is 22.7 Å². The molecule has 9 heteroatoms. The Morgan fingerprint density at radius 1 is 1.16 bits per heavy atom. The number of carbonyl (C=O) groups excluding carboxylic acids is 2. The molecule has 0 radical (unpaired) electrons. The van der Waals surface area contributed by atoms with Crippen LogP contribution in [0.15, 0.2) is 46.9 Å². The van der Waals surface area contributed by atoms with Gasteiger partial charge in [-0.1, -0.05) is 15.9 Å². The fourth-order valence-electron chi connectivity index (χ4n) is 1.93. The number of carbonyl (C=O) groups is 2. The predicted molar refractivity (Wildman–Crippen MR) is 92.8 cm³/mol. The highest BCUT2D eigenvalue weighted by molar-refractivity contribution is 9.10. The largest absolute Gasteiger partial charge is 0.352 e. The van der Waals surface area contributed by atoms with E-state index in [1.54, 1.807) is 24.3 Å². The van der Waals surface area contributed by atoms with E-state index in [9.17, 15) is 24.1 Å². The molecule has 2 aromatic rings. The fraction of sp³-hybridized carbons (Fsp3) is 0.125. The smallest absolute Gasteiger partial charge is 0.271 e. The molecule has 2 N–H and O–H groups in total. The molecule has 25 heavy (non-hydrogen) atoms. The Kier molecular flexibility index (Phi) is 6.18. The molecule has 0 aliphatic heterocycles. The van der Waals surface area contributed by atoms with Crippen molar-refractivity contribution >= 4 is 39.1 Å². The second-order valence-electron chi connectivity index (χ2n) is 4.98. The summed E-state index contributed by atoms with van der Waals surface area (Å²) in [5.41, 5.74) is -0.174. The Labute approximate surface area is 150 Å². The Morgan fingerprint density at radius 3 is 2.48 bits per heavy atom. The molecule has 2 amide bonds. The molecule has 2 rings (SSSR count). The van der Waals surface area contributed by atoms with Crippen LogP contribution >= 0.6 is 15.9 Å². The van der Waals surface area contributed by atoms with Crippen LogP contribution in [0.5, 0.6) is 0 Å². The molecule has 0 unspecified atom stereocenters. The van der Waals surface area contributed by atoms with Gasteiger partial charge in [0.1, 0.15) is 5.82 Å². The maximum atomic E-state index is 13.6. The van der Waals surface area contributed by atoms with Crippen LogP contribution in [0.4, 0.5) is 15.8 Å². The number of nitro groups is 1. The first-order valence-corrected chi connectivity index (χ1v) is 7.93. The predicted octanol–water partition coefficient (Wildman–Crippen LogP) is 3.26. The summed E-state index contributed by atoms with van der Waals surface area (Å²) in [4.78, 5) is 33.7. The van der Waals surface area contributed by atoms with Gasteiger partial charge in [0.15, 0.2) is 0 Å². The zero-order valence-corrected chi connectivity index (χ0v) is 14.4. The topological polar surface area (TPSA) is 101 Å². The van der Waals surface area contributed by atoms with E-state index in [4.69, 9.17) is 0 Å². The first-order valence-electron chi connectivity index (χ1n) is 7.14. The summed E-state index contributed by atoms with van der Waals surface area (Å²) in [6.07, 6.45) is -0.107. The van der Waals surface area contributed by atoms with Gasteiger partial charge in [0.05, 0.1) is 10.6 Å². The van der Waals surface area contributed by atoms with E-state index in [1.165, 1.54) is 0 Å². The van der Waals surface area contributed by atoms with Crippen molar-refractivity contribution in [2.75, 3.05) is 11.9 Å². The number of hydrogen-bond acceptors (Lipinski definition) is 4. The van der Waals surface area contributed by atoms with E-state index in [2.05, 4.69) is 26.6 Å². The van der Waals surface area contributed by atoms with Crippen LogP contribution < -0.4 is 10.6 Å². The van der Waals surface area contributed by atoms with Gasteiger partial charge in [-0.2, -0.15) is 0 Å². The molecule has 0 aromatic heterocycles. The molecular formula is C16H13BrFN3O4. The Bertz CT molecular complexity index is 812. The van der Waals surface area contributed by atoms with Crippen molar-refractivity contribution in [2.45, 2.75) is 6.42 Å². The second-order valence-corrected chi connectivity index (χ2v) is 5.90. The minimum Gasteiger partial charge on any atom is -0.352 e. The van der Waals surface area contributed by atoms with Gasteiger partial charge in [0, 0.05) is 35.1 Å². The lowest BCUT2D eigenvalue weighted by Gasteiger charge is -2.08. The Morgan fingerprint density at radius 2 is 1.84 bits per heavy atom. The summed E-state index contributed by atoms with van der Waals surface area (Å²) in [5, 5.41) is 15.5. The molecule has 0 aliphatic carbocycles. The van der Waals surface area contributed by atoms with Crippen molar-refractivity contribution in [1.82, 2.24) is 5.32 Å². The average molecular weight is 410 g/mol. The van der Waals surface area contributed by atoms with E-state index >= 15 is 0 Å². The summed E-state index contributed by atoms with van der Waals surface area (Å²) in [6.45, 7) is 0.0390. The molecule has 0 fully saturated rings. The molecule has 0 aliphatic rings. The van der Waals surface area contributed by atoms with Crippen molar-refractivity contribution in [3.05, 3.63) is 68.4 Å².